The minimum atomic E-state index is -0.421. The lowest BCUT2D eigenvalue weighted by atomic mass is 9.46. The molecule has 5 atom stereocenters. The fourth-order valence-corrected chi connectivity index (χ4v) is 6.51. The Morgan fingerprint density at radius 3 is 2.72 bits per heavy atom. The van der Waals surface area contributed by atoms with Gasteiger partial charge in [0.15, 0.2) is 0 Å². The van der Waals surface area contributed by atoms with Crippen LogP contribution in [0.2, 0.25) is 0 Å². The topological polar surface area (TPSA) is 77.8 Å². The van der Waals surface area contributed by atoms with Crippen molar-refractivity contribution in [2.75, 3.05) is 14.2 Å². The average Bonchev–Trinajstić information content (AvgIpc) is 3.22. The zero-order chi connectivity index (χ0) is 23.5. The van der Waals surface area contributed by atoms with Crippen molar-refractivity contribution in [1.82, 2.24) is 5.32 Å². The normalized spacial score (nSPS) is 31.0. The first-order valence-electron chi connectivity index (χ1n) is 11.8. The largest absolute Gasteiger partial charge is 0.469 e. The van der Waals surface area contributed by atoms with E-state index >= 15 is 0 Å². The molecule has 0 radical (unpaired) electrons. The van der Waals surface area contributed by atoms with Crippen LogP contribution in [0.3, 0.4) is 0 Å². The molecule has 178 valence electrons. The molecule has 1 N–H and O–H groups in total. The van der Waals surface area contributed by atoms with Crippen LogP contribution in [-0.2, 0) is 32.0 Å². The molecule has 0 spiro atoms. The Kier molecular flexibility index (Phi) is 7.53. The summed E-state index contributed by atoms with van der Waals surface area (Å²) in [5.74, 6) is 1.16. The molecule has 0 amide bonds. The van der Waals surface area contributed by atoms with Crippen molar-refractivity contribution >= 4 is 11.9 Å². The Hall–Kier alpha value is -2.08. The van der Waals surface area contributed by atoms with Gasteiger partial charge in [-0.25, -0.2) is 0 Å². The van der Waals surface area contributed by atoms with E-state index in [1.807, 2.05) is 6.07 Å². The Morgan fingerprint density at radius 2 is 2.03 bits per heavy atom. The molecule has 0 aliphatic heterocycles. The molecule has 2 aliphatic rings. The lowest BCUT2D eigenvalue weighted by molar-refractivity contribution is -0.168. The summed E-state index contributed by atoms with van der Waals surface area (Å²) in [6.07, 6.45) is 8.58. The van der Waals surface area contributed by atoms with E-state index in [1.165, 1.54) is 19.8 Å². The third-order valence-corrected chi connectivity index (χ3v) is 8.33. The second-order valence-electron chi connectivity index (χ2n) is 10.1. The summed E-state index contributed by atoms with van der Waals surface area (Å²) in [6, 6.07) is 1.62. The highest BCUT2D eigenvalue weighted by molar-refractivity contribution is 5.77. The van der Waals surface area contributed by atoms with Crippen LogP contribution in [0.1, 0.15) is 70.6 Å². The van der Waals surface area contributed by atoms with Gasteiger partial charge < -0.3 is 13.9 Å². The molecular weight excluding hydrogens is 406 g/mol. The van der Waals surface area contributed by atoms with Crippen LogP contribution in [-0.4, -0.2) is 32.2 Å². The number of esters is 2. The number of methoxy groups -OCH3 is 2. The van der Waals surface area contributed by atoms with Gasteiger partial charge in [0.05, 0.1) is 32.4 Å². The molecular formula is C26H39NO5. The standard InChI is InChI=1S/C26H39NO5/c1-17-8-11-22-25(3,13-7-14-26(22,4)24(29)31-6)20(17)10-9-19-12-15-32-21(19)16-27-18(2)23(28)30-5/h12,15,18,20,22,27H,1,7-11,13-14,16H2,2-6H3/t18-,20-,22+,25-,26+/m1/s1. The van der Waals surface area contributed by atoms with Gasteiger partial charge in [-0.1, -0.05) is 25.5 Å². The fraction of sp³-hybridized carbons (Fsp3) is 0.692. The van der Waals surface area contributed by atoms with Crippen LogP contribution in [0.4, 0.5) is 0 Å². The summed E-state index contributed by atoms with van der Waals surface area (Å²) in [7, 11) is 2.90. The summed E-state index contributed by atoms with van der Waals surface area (Å²) < 4.78 is 15.7. The van der Waals surface area contributed by atoms with E-state index in [9.17, 15) is 9.59 Å². The molecule has 2 aliphatic carbocycles. The predicted octanol–water partition coefficient (Wildman–Crippen LogP) is 4.82. The third-order valence-electron chi connectivity index (χ3n) is 8.33. The van der Waals surface area contributed by atoms with E-state index < -0.39 is 11.5 Å². The van der Waals surface area contributed by atoms with Gasteiger partial charge in [-0.15, -0.1) is 0 Å². The van der Waals surface area contributed by atoms with Gasteiger partial charge in [0.25, 0.3) is 0 Å². The number of allylic oxidation sites excluding steroid dienone is 1. The molecule has 1 aromatic heterocycles. The monoisotopic (exact) mass is 445 g/mol. The van der Waals surface area contributed by atoms with E-state index in [-0.39, 0.29) is 17.4 Å². The number of ether oxygens (including phenoxy) is 2. The van der Waals surface area contributed by atoms with E-state index in [4.69, 9.17) is 13.9 Å². The quantitative estimate of drug-likeness (QED) is 0.457. The Labute approximate surface area is 192 Å². The van der Waals surface area contributed by atoms with E-state index in [0.29, 0.717) is 18.4 Å². The smallest absolute Gasteiger partial charge is 0.322 e. The van der Waals surface area contributed by atoms with Gasteiger partial charge in [-0.2, -0.15) is 0 Å². The SMILES string of the molecule is C=C1CC[C@H]2[C@](C)(CCC[C@]2(C)C(=O)OC)[C@@H]1CCc1ccoc1CN[C@H](C)C(=O)OC. The van der Waals surface area contributed by atoms with Crippen molar-refractivity contribution < 1.29 is 23.5 Å². The first kappa shape index (κ1) is 24.6. The molecule has 3 rings (SSSR count). The molecule has 6 nitrogen and oxygen atoms in total. The molecule has 1 aromatic rings. The van der Waals surface area contributed by atoms with Crippen LogP contribution in [0.5, 0.6) is 0 Å². The predicted molar refractivity (Wildman–Crippen MR) is 123 cm³/mol. The summed E-state index contributed by atoms with van der Waals surface area (Å²) in [6.45, 7) is 11.2. The summed E-state index contributed by atoms with van der Waals surface area (Å²) in [5, 5.41) is 3.17. The van der Waals surface area contributed by atoms with Gasteiger partial charge >= 0.3 is 11.9 Å². The van der Waals surface area contributed by atoms with E-state index in [0.717, 1.165) is 56.3 Å². The number of carbonyl (C=O) groups is 2. The number of hydrogen-bond donors (Lipinski definition) is 1. The zero-order valence-electron chi connectivity index (χ0n) is 20.3. The minimum Gasteiger partial charge on any atom is -0.469 e. The van der Waals surface area contributed by atoms with Crippen LogP contribution in [0, 0.1) is 22.7 Å². The number of furan rings is 1. The molecule has 2 fully saturated rings. The number of hydrogen-bond acceptors (Lipinski definition) is 6. The van der Waals surface area contributed by atoms with Crippen LogP contribution < -0.4 is 5.32 Å². The maximum Gasteiger partial charge on any atom is 0.322 e. The molecule has 0 aromatic carbocycles. The van der Waals surface area contributed by atoms with Crippen molar-refractivity contribution in [2.24, 2.45) is 22.7 Å². The lowest BCUT2D eigenvalue weighted by Gasteiger charge is -2.57. The molecule has 2 saturated carbocycles. The Morgan fingerprint density at radius 1 is 1.28 bits per heavy atom. The Balaban J connectivity index is 1.72. The number of rotatable bonds is 8. The summed E-state index contributed by atoms with van der Waals surface area (Å²) >= 11 is 0. The van der Waals surface area contributed by atoms with Gasteiger partial charge in [0.2, 0.25) is 0 Å². The first-order valence-corrected chi connectivity index (χ1v) is 11.8. The highest BCUT2D eigenvalue weighted by atomic mass is 16.5. The minimum absolute atomic E-state index is 0.0398. The van der Waals surface area contributed by atoms with Crippen molar-refractivity contribution in [3.63, 3.8) is 0 Å². The highest BCUT2D eigenvalue weighted by Gasteiger charge is 2.57. The third kappa shape index (κ3) is 4.52. The van der Waals surface area contributed by atoms with E-state index in [2.05, 4.69) is 25.7 Å². The van der Waals surface area contributed by atoms with Gasteiger partial charge in [0.1, 0.15) is 11.8 Å². The van der Waals surface area contributed by atoms with Gasteiger partial charge in [-0.05, 0) is 81.3 Å². The molecule has 0 saturated heterocycles. The van der Waals surface area contributed by atoms with Crippen LogP contribution >= 0.6 is 0 Å². The number of nitrogens with one attached hydrogen (secondary N) is 1. The molecule has 0 bridgehead atoms. The van der Waals surface area contributed by atoms with Crippen molar-refractivity contribution in [2.45, 2.75) is 78.3 Å². The van der Waals surface area contributed by atoms with Crippen LogP contribution in [0.25, 0.3) is 0 Å². The number of fused-ring (bicyclic) bond motifs is 1. The van der Waals surface area contributed by atoms with Crippen molar-refractivity contribution in [3.8, 4) is 0 Å². The first-order chi connectivity index (χ1) is 15.2. The average molecular weight is 446 g/mol. The van der Waals surface area contributed by atoms with Gasteiger partial charge in [-0.3, -0.25) is 14.9 Å². The molecule has 0 unspecified atom stereocenters. The molecule has 32 heavy (non-hydrogen) atoms. The Bertz CT molecular complexity index is 845. The second-order valence-corrected chi connectivity index (χ2v) is 10.1. The van der Waals surface area contributed by atoms with Crippen molar-refractivity contribution in [1.29, 1.82) is 0 Å². The lowest BCUT2D eigenvalue weighted by Crippen LogP contribution is -2.53. The maximum absolute atomic E-state index is 12.8. The van der Waals surface area contributed by atoms with Gasteiger partial charge in [0, 0.05) is 0 Å². The van der Waals surface area contributed by atoms with Crippen molar-refractivity contribution in [3.05, 3.63) is 35.8 Å². The maximum atomic E-state index is 12.8. The number of aryl methyl sites for hydroxylation is 1. The summed E-state index contributed by atoms with van der Waals surface area (Å²) in [4.78, 5) is 24.4. The highest BCUT2D eigenvalue weighted by Crippen LogP contribution is 2.62. The van der Waals surface area contributed by atoms with Crippen LogP contribution in [0.15, 0.2) is 28.9 Å². The summed E-state index contributed by atoms with van der Waals surface area (Å²) in [5.41, 5.74) is 2.08. The second kappa shape index (κ2) is 9.82. The molecule has 6 heteroatoms. The van der Waals surface area contributed by atoms with E-state index in [1.54, 1.807) is 13.2 Å². The molecule has 1 heterocycles. The fourth-order valence-electron chi connectivity index (χ4n) is 6.51. The number of carbonyl (C=O) groups excluding carboxylic acids is 2. The zero-order valence-corrected chi connectivity index (χ0v) is 20.3.